The quantitative estimate of drug-likeness (QED) is 0.171. The molecular formula is C31H30Br2ClN2OP. The largest absolute Gasteiger partial charge is 0.454 e. The van der Waals surface area contributed by atoms with Crippen LogP contribution in [0, 0.1) is 6.92 Å². The van der Waals surface area contributed by atoms with Gasteiger partial charge < -0.3 is 9.09 Å². The number of fused-ring (bicyclic) bond motifs is 3. The first-order valence-corrected chi connectivity index (χ1v) is 16.2. The molecule has 0 spiro atoms. The van der Waals surface area contributed by atoms with E-state index in [0.29, 0.717) is 5.02 Å². The summed E-state index contributed by atoms with van der Waals surface area (Å²) in [7, 11) is -2.72. The minimum Gasteiger partial charge on any atom is -0.454 e. The monoisotopic (exact) mass is 670 g/mol. The number of benzene rings is 4. The number of nitrogens with zero attached hydrogens (tertiary/aromatic N) is 2. The van der Waals surface area contributed by atoms with Gasteiger partial charge in [-0.3, -0.25) is 0 Å². The molecule has 0 bridgehead atoms. The van der Waals surface area contributed by atoms with E-state index in [1.165, 1.54) is 21.8 Å². The van der Waals surface area contributed by atoms with Crippen LogP contribution in [0.15, 0.2) is 92.6 Å². The highest BCUT2D eigenvalue weighted by molar-refractivity contribution is 9.11. The minimum atomic E-state index is -2.72. The predicted molar refractivity (Wildman–Crippen MR) is 172 cm³/mol. The van der Waals surface area contributed by atoms with Crippen molar-refractivity contribution in [1.82, 2.24) is 4.57 Å². The summed E-state index contributed by atoms with van der Waals surface area (Å²) in [6, 6.07) is 27.3. The zero-order chi connectivity index (χ0) is 27.2. The van der Waals surface area contributed by atoms with Crippen molar-refractivity contribution in [3.05, 3.63) is 98.4 Å². The van der Waals surface area contributed by atoms with Gasteiger partial charge in [-0.15, -0.1) is 0 Å². The third kappa shape index (κ3) is 4.88. The number of aromatic nitrogens is 1. The van der Waals surface area contributed by atoms with Gasteiger partial charge in [0.1, 0.15) is 5.75 Å². The first-order valence-electron chi connectivity index (χ1n) is 12.6. The zero-order valence-electron chi connectivity index (χ0n) is 22.1. The Balaban J connectivity index is 1.86. The summed E-state index contributed by atoms with van der Waals surface area (Å²) in [6.07, 6.45) is 0. The van der Waals surface area contributed by atoms with Crippen LogP contribution in [0.25, 0.3) is 21.8 Å². The van der Waals surface area contributed by atoms with E-state index in [4.69, 9.17) is 20.9 Å². The number of aryl methyl sites for hydroxylation is 2. The van der Waals surface area contributed by atoms with Gasteiger partial charge in [0.05, 0.1) is 10.2 Å². The van der Waals surface area contributed by atoms with Crippen molar-refractivity contribution in [3.63, 3.8) is 0 Å². The van der Waals surface area contributed by atoms with Gasteiger partial charge in [-0.05, 0) is 89.9 Å². The fraction of sp³-hybridized carbons (Fsp3) is 0.226. The van der Waals surface area contributed by atoms with Crippen molar-refractivity contribution in [2.24, 2.45) is 4.74 Å². The molecule has 0 amide bonds. The molecule has 0 saturated heterocycles. The lowest BCUT2D eigenvalue weighted by atomic mass is 10.1. The van der Waals surface area contributed by atoms with Crippen LogP contribution in [0.1, 0.15) is 33.3 Å². The molecule has 38 heavy (non-hydrogen) atoms. The Kier molecular flexibility index (Phi) is 7.61. The maximum Gasteiger partial charge on any atom is 0.173 e. The Hall–Kier alpha value is -2.04. The molecule has 3 nitrogen and oxygen atoms in total. The topological polar surface area (TPSA) is 26.5 Å². The molecule has 5 rings (SSSR count). The lowest BCUT2D eigenvalue weighted by Crippen LogP contribution is -2.27. The molecule has 1 unspecified atom stereocenters. The highest BCUT2D eigenvalue weighted by Gasteiger charge is 2.39. The van der Waals surface area contributed by atoms with Crippen LogP contribution in [0.2, 0.25) is 5.02 Å². The van der Waals surface area contributed by atoms with Crippen LogP contribution in [-0.4, -0.2) is 9.72 Å². The SMILES string of the molecule is CCn1c2ccccc2c2cc(P(=Nc3ccc(C)c(Cl)c3)(Oc3ccc(Br)cc3Br)C(C)(C)C)ccc21. The van der Waals surface area contributed by atoms with E-state index < -0.39 is 7.28 Å². The Labute approximate surface area is 246 Å². The smallest absolute Gasteiger partial charge is 0.173 e. The predicted octanol–water partition coefficient (Wildman–Crippen LogP) is 11.3. The second-order valence-electron chi connectivity index (χ2n) is 10.4. The van der Waals surface area contributed by atoms with Gasteiger partial charge in [-0.2, -0.15) is 0 Å². The maximum atomic E-state index is 7.13. The number of rotatable bonds is 5. The summed E-state index contributed by atoms with van der Waals surface area (Å²) >= 11 is 13.9. The molecule has 0 aliphatic rings. The Morgan fingerprint density at radius 1 is 0.895 bits per heavy atom. The molecule has 5 aromatic rings. The third-order valence-electron chi connectivity index (χ3n) is 6.87. The standard InChI is InChI=1S/C31H30Br2ClN2OP/c1-6-36-28-10-8-7-9-24(28)25-19-23(14-15-29(25)36)38(31(3,4)5,35-22-13-11-20(2)27(34)18-22)37-30-16-12-21(32)17-26(30)33/h7-19H,6H2,1-5H3. The van der Waals surface area contributed by atoms with Crippen LogP contribution >= 0.6 is 50.7 Å². The van der Waals surface area contributed by atoms with E-state index in [1.54, 1.807) is 0 Å². The minimum absolute atomic E-state index is 0.326. The van der Waals surface area contributed by atoms with E-state index in [9.17, 15) is 0 Å². The normalized spacial score (nSPS) is 13.6. The molecule has 0 N–H and O–H groups in total. The molecule has 1 atom stereocenters. The number of hydrogen-bond acceptors (Lipinski definition) is 2. The van der Waals surface area contributed by atoms with Crippen molar-refractivity contribution in [2.45, 2.75) is 46.3 Å². The average molecular weight is 673 g/mol. The molecule has 0 aliphatic heterocycles. The van der Waals surface area contributed by atoms with Gasteiger partial charge in [-0.1, -0.05) is 72.6 Å². The first kappa shape index (κ1) is 27.5. The van der Waals surface area contributed by atoms with Crippen LogP contribution in [0.5, 0.6) is 5.75 Å². The van der Waals surface area contributed by atoms with E-state index >= 15 is 0 Å². The van der Waals surface area contributed by atoms with Crippen molar-refractivity contribution in [3.8, 4) is 5.75 Å². The zero-order valence-corrected chi connectivity index (χ0v) is 26.9. The highest BCUT2D eigenvalue weighted by Crippen LogP contribution is 2.63. The van der Waals surface area contributed by atoms with Crippen molar-refractivity contribution >= 4 is 83.5 Å². The summed E-state index contributed by atoms with van der Waals surface area (Å²) in [4.78, 5) is 0. The van der Waals surface area contributed by atoms with Gasteiger partial charge in [-0.25, -0.2) is 4.74 Å². The van der Waals surface area contributed by atoms with E-state index in [2.05, 4.69) is 107 Å². The number of hydrogen-bond donors (Lipinski definition) is 0. The van der Waals surface area contributed by atoms with Crippen molar-refractivity contribution in [1.29, 1.82) is 0 Å². The highest BCUT2D eigenvalue weighted by atomic mass is 79.9. The second-order valence-corrected chi connectivity index (χ2v) is 16.0. The molecule has 0 fully saturated rings. The summed E-state index contributed by atoms with van der Waals surface area (Å²) in [5.41, 5.74) is 4.29. The van der Waals surface area contributed by atoms with E-state index in [0.717, 1.165) is 37.8 Å². The van der Waals surface area contributed by atoms with Gasteiger partial charge in [0.15, 0.2) is 7.28 Å². The molecule has 0 aliphatic carbocycles. The average Bonchev–Trinajstić information content (AvgIpc) is 3.19. The molecule has 4 aromatic carbocycles. The third-order valence-corrected chi connectivity index (χ3v) is 12.2. The number of halogens is 3. The van der Waals surface area contributed by atoms with Gasteiger partial charge in [0.2, 0.25) is 0 Å². The lowest BCUT2D eigenvalue weighted by molar-refractivity contribution is 0.568. The molecule has 0 saturated carbocycles. The molecule has 1 aromatic heterocycles. The summed E-state index contributed by atoms with van der Waals surface area (Å²) < 4.78 is 16.8. The summed E-state index contributed by atoms with van der Waals surface area (Å²) in [6.45, 7) is 11.7. The fourth-order valence-electron chi connectivity index (χ4n) is 4.87. The molecule has 0 radical (unpaired) electrons. The van der Waals surface area contributed by atoms with Crippen LogP contribution in [0.3, 0.4) is 0 Å². The van der Waals surface area contributed by atoms with Gasteiger partial charge in [0, 0.05) is 48.3 Å². The molecule has 7 heteroatoms. The maximum absolute atomic E-state index is 7.13. The van der Waals surface area contributed by atoms with Crippen LogP contribution < -0.4 is 9.83 Å². The lowest BCUT2D eigenvalue weighted by Gasteiger charge is -2.37. The van der Waals surface area contributed by atoms with Crippen LogP contribution in [0.4, 0.5) is 5.69 Å². The Morgan fingerprint density at radius 3 is 2.32 bits per heavy atom. The van der Waals surface area contributed by atoms with Crippen LogP contribution in [-0.2, 0) is 6.54 Å². The fourth-order valence-corrected chi connectivity index (χ4v) is 9.39. The van der Waals surface area contributed by atoms with Gasteiger partial charge in [0.25, 0.3) is 0 Å². The van der Waals surface area contributed by atoms with Gasteiger partial charge >= 0.3 is 0 Å². The Morgan fingerprint density at radius 2 is 1.63 bits per heavy atom. The summed E-state index contributed by atoms with van der Waals surface area (Å²) in [5.74, 6) is 0.759. The van der Waals surface area contributed by atoms with Crippen molar-refractivity contribution < 1.29 is 4.52 Å². The molecule has 196 valence electrons. The first-order chi connectivity index (χ1) is 18.0. The number of para-hydroxylation sites is 1. The molecule has 1 heterocycles. The van der Waals surface area contributed by atoms with E-state index in [-0.39, 0.29) is 5.16 Å². The van der Waals surface area contributed by atoms with Crippen molar-refractivity contribution in [2.75, 3.05) is 0 Å². The van der Waals surface area contributed by atoms with E-state index in [1.807, 2.05) is 43.3 Å². The molecular weight excluding hydrogens is 643 g/mol. The second kappa shape index (κ2) is 10.5. The Bertz CT molecular complexity index is 1740. The summed E-state index contributed by atoms with van der Waals surface area (Å²) in [5, 5.41) is 3.91.